The van der Waals surface area contributed by atoms with Crippen molar-refractivity contribution in [2.75, 3.05) is 20.2 Å². The summed E-state index contributed by atoms with van der Waals surface area (Å²) in [5, 5.41) is 1.10. The fourth-order valence-electron chi connectivity index (χ4n) is 4.52. The lowest BCUT2D eigenvalue weighted by Crippen LogP contribution is -2.56. The molecule has 4 heteroatoms. The van der Waals surface area contributed by atoms with Crippen molar-refractivity contribution in [2.24, 2.45) is 17.6 Å². The van der Waals surface area contributed by atoms with Gasteiger partial charge in [0.25, 0.3) is 0 Å². The molecule has 2 bridgehead atoms. The molecule has 3 aliphatic heterocycles. The van der Waals surface area contributed by atoms with E-state index in [1.807, 2.05) is 18.3 Å². The van der Waals surface area contributed by atoms with Crippen LogP contribution in [0.25, 0.3) is 10.9 Å². The van der Waals surface area contributed by atoms with Gasteiger partial charge < -0.3 is 10.5 Å². The third-order valence-corrected chi connectivity index (χ3v) is 5.91. The summed E-state index contributed by atoms with van der Waals surface area (Å²) in [5.74, 6) is 2.20. The van der Waals surface area contributed by atoms with Gasteiger partial charge in [-0.3, -0.25) is 9.88 Å². The molecule has 4 nitrogen and oxygen atoms in total. The van der Waals surface area contributed by atoms with Crippen molar-refractivity contribution in [3.8, 4) is 5.75 Å². The topological polar surface area (TPSA) is 51.4 Å². The zero-order valence-electron chi connectivity index (χ0n) is 14.2. The number of piperidine rings is 3. The molecule has 5 atom stereocenters. The Bertz CT molecular complexity index is 760. The first kappa shape index (κ1) is 15.6. The highest BCUT2D eigenvalue weighted by atomic mass is 16.5. The van der Waals surface area contributed by atoms with Crippen LogP contribution in [0, 0.1) is 11.8 Å². The second kappa shape index (κ2) is 6.19. The number of nitrogens with zero attached hydrogens (tertiary/aromatic N) is 2. The molecule has 3 fully saturated rings. The van der Waals surface area contributed by atoms with Gasteiger partial charge in [0.15, 0.2) is 0 Å². The second-order valence-electron chi connectivity index (χ2n) is 7.06. The predicted molar refractivity (Wildman–Crippen MR) is 97.0 cm³/mol. The molecule has 3 aliphatic rings. The Morgan fingerprint density at radius 2 is 2.29 bits per heavy atom. The molecule has 3 unspecified atom stereocenters. The average Bonchev–Trinajstić information content (AvgIpc) is 2.66. The van der Waals surface area contributed by atoms with Gasteiger partial charge in [0.2, 0.25) is 0 Å². The number of benzene rings is 1. The van der Waals surface area contributed by atoms with Crippen molar-refractivity contribution in [1.29, 1.82) is 0 Å². The fraction of sp³-hybridized carbons (Fsp3) is 0.450. The van der Waals surface area contributed by atoms with Crippen LogP contribution in [-0.4, -0.2) is 36.1 Å². The fourth-order valence-corrected chi connectivity index (χ4v) is 4.52. The van der Waals surface area contributed by atoms with Crippen LogP contribution >= 0.6 is 0 Å². The maximum atomic E-state index is 6.76. The monoisotopic (exact) mass is 323 g/mol. The Morgan fingerprint density at radius 1 is 1.42 bits per heavy atom. The Hall–Kier alpha value is -1.91. The minimum Gasteiger partial charge on any atom is -0.497 e. The van der Waals surface area contributed by atoms with Crippen LogP contribution in [0.2, 0.25) is 0 Å². The van der Waals surface area contributed by atoms with Crippen molar-refractivity contribution in [3.05, 3.63) is 48.7 Å². The summed E-state index contributed by atoms with van der Waals surface area (Å²) in [5.41, 5.74) is 8.91. The third-order valence-electron chi connectivity index (χ3n) is 5.91. The Balaban J connectivity index is 1.69. The number of pyridine rings is 1. The van der Waals surface area contributed by atoms with Gasteiger partial charge >= 0.3 is 0 Å². The largest absolute Gasteiger partial charge is 0.497 e. The SMILES string of the molecule is C=CC1CN2CCC1C[C@H]2[C@@H](N)c1ccnc2ccc(OC)cc12. The summed E-state index contributed by atoms with van der Waals surface area (Å²) < 4.78 is 5.39. The molecule has 5 rings (SSSR count). The molecule has 1 aromatic carbocycles. The van der Waals surface area contributed by atoms with Gasteiger partial charge in [0, 0.05) is 30.2 Å². The highest BCUT2D eigenvalue weighted by molar-refractivity contribution is 5.84. The van der Waals surface area contributed by atoms with E-state index in [0.29, 0.717) is 12.0 Å². The van der Waals surface area contributed by atoms with Gasteiger partial charge in [0.1, 0.15) is 5.75 Å². The molecular weight excluding hydrogens is 298 g/mol. The van der Waals surface area contributed by atoms with E-state index < -0.39 is 0 Å². The van der Waals surface area contributed by atoms with Gasteiger partial charge in [-0.25, -0.2) is 0 Å². The molecule has 2 N–H and O–H groups in total. The molecule has 126 valence electrons. The molecule has 24 heavy (non-hydrogen) atoms. The normalized spacial score (nSPS) is 30.2. The average molecular weight is 323 g/mol. The molecule has 0 aliphatic carbocycles. The predicted octanol–water partition coefficient (Wildman–Crippen LogP) is 3.14. The maximum absolute atomic E-state index is 6.76. The molecule has 2 aromatic rings. The molecule has 0 saturated carbocycles. The Morgan fingerprint density at radius 3 is 3.00 bits per heavy atom. The second-order valence-corrected chi connectivity index (χ2v) is 7.06. The summed E-state index contributed by atoms with van der Waals surface area (Å²) >= 11 is 0. The van der Waals surface area contributed by atoms with E-state index in [0.717, 1.165) is 42.1 Å². The molecule has 1 aromatic heterocycles. The van der Waals surface area contributed by atoms with Gasteiger partial charge in [-0.2, -0.15) is 0 Å². The van der Waals surface area contributed by atoms with Crippen LogP contribution in [-0.2, 0) is 0 Å². The molecule has 0 spiro atoms. The summed E-state index contributed by atoms with van der Waals surface area (Å²) in [4.78, 5) is 7.04. The highest BCUT2D eigenvalue weighted by Crippen LogP contribution is 2.41. The van der Waals surface area contributed by atoms with E-state index in [9.17, 15) is 0 Å². The van der Waals surface area contributed by atoms with Crippen LogP contribution in [0.15, 0.2) is 43.1 Å². The van der Waals surface area contributed by atoms with Crippen LogP contribution in [0.3, 0.4) is 0 Å². The van der Waals surface area contributed by atoms with E-state index in [2.05, 4.69) is 34.7 Å². The first-order valence-electron chi connectivity index (χ1n) is 8.76. The third kappa shape index (κ3) is 2.50. The first-order valence-corrected chi connectivity index (χ1v) is 8.76. The zero-order valence-corrected chi connectivity index (χ0v) is 14.2. The number of ether oxygens (including phenoxy) is 1. The smallest absolute Gasteiger partial charge is 0.119 e. The van der Waals surface area contributed by atoms with Gasteiger partial charge in [0.05, 0.1) is 12.6 Å². The van der Waals surface area contributed by atoms with Crippen LogP contribution in [0.5, 0.6) is 5.75 Å². The van der Waals surface area contributed by atoms with Crippen molar-refractivity contribution in [1.82, 2.24) is 9.88 Å². The Labute approximate surface area is 143 Å². The van der Waals surface area contributed by atoms with Crippen molar-refractivity contribution in [3.63, 3.8) is 0 Å². The van der Waals surface area contributed by atoms with E-state index in [-0.39, 0.29) is 6.04 Å². The zero-order chi connectivity index (χ0) is 16.7. The van der Waals surface area contributed by atoms with Crippen LogP contribution in [0.1, 0.15) is 24.4 Å². The lowest BCUT2D eigenvalue weighted by atomic mass is 9.73. The number of nitrogens with two attached hydrogens (primary N) is 1. The number of methoxy groups -OCH3 is 1. The summed E-state index contributed by atoms with van der Waals surface area (Å²) in [6.07, 6.45) is 6.43. The summed E-state index contributed by atoms with van der Waals surface area (Å²) in [7, 11) is 1.69. The highest BCUT2D eigenvalue weighted by Gasteiger charge is 2.41. The van der Waals surface area contributed by atoms with Gasteiger partial charge in [-0.05, 0) is 61.1 Å². The van der Waals surface area contributed by atoms with E-state index in [4.69, 9.17) is 10.5 Å². The van der Waals surface area contributed by atoms with Crippen molar-refractivity contribution in [2.45, 2.75) is 24.9 Å². The minimum atomic E-state index is -0.00354. The number of hydrogen-bond acceptors (Lipinski definition) is 4. The number of aromatic nitrogens is 1. The molecule has 0 radical (unpaired) electrons. The van der Waals surface area contributed by atoms with Gasteiger partial charge in [-0.15, -0.1) is 6.58 Å². The summed E-state index contributed by atoms with van der Waals surface area (Å²) in [6.45, 7) is 6.26. The van der Waals surface area contributed by atoms with Crippen LogP contribution in [0.4, 0.5) is 0 Å². The van der Waals surface area contributed by atoms with E-state index in [1.165, 1.54) is 12.0 Å². The summed E-state index contributed by atoms with van der Waals surface area (Å²) in [6, 6.07) is 8.48. The number of rotatable bonds is 4. The molecular formula is C20H25N3O. The first-order chi connectivity index (χ1) is 11.7. The standard InChI is InChI=1S/C20H25N3O/c1-3-13-12-23-9-7-14(13)10-19(23)20(21)16-6-8-22-18-5-4-15(24-2)11-17(16)18/h3-6,8,11,13-14,19-20H,1,7,9-10,12,21H2,2H3/t13?,14?,19-,20-/m0/s1. The van der Waals surface area contributed by atoms with Crippen molar-refractivity contribution >= 4 is 10.9 Å². The molecule has 4 heterocycles. The van der Waals surface area contributed by atoms with Crippen molar-refractivity contribution < 1.29 is 4.74 Å². The van der Waals surface area contributed by atoms with E-state index >= 15 is 0 Å². The van der Waals surface area contributed by atoms with Gasteiger partial charge in [-0.1, -0.05) is 6.08 Å². The van der Waals surface area contributed by atoms with E-state index in [1.54, 1.807) is 7.11 Å². The number of fused-ring (bicyclic) bond motifs is 4. The molecule has 3 saturated heterocycles. The molecule has 0 amide bonds. The lowest BCUT2D eigenvalue weighted by molar-refractivity contribution is 0.00749. The minimum absolute atomic E-state index is 0.00354. The Kier molecular flexibility index (Phi) is 4.02. The van der Waals surface area contributed by atoms with Crippen LogP contribution < -0.4 is 10.5 Å². The maximum Gasteiger partial charge on any atom is 0.119 e. The number of hydrogen-bond donors (Lipinski definition) is 1. The lowest BCUT2D eigenvalue weighted by Gasteiger charge is -2.51. The quantitative estimate of drug-likeness (QED) is 0.878.